The summed E-state index contributed by atoms with van der Waals surface area (Å²) in [7, 11) is 0. The largest absolute Gasteiger partial charge is 0.370 e. The van der Waals surface area contributed by atoms with Crippen molar-refractivity contribution < 1.29 is 4.74 Å². The van der Waals surface area contributed by atoms with Gasteiger partial charge in [0.15, 0.2) is 0 Å². The van der Waals surface area contributed by atoms with E-state index in [1.54, 1.807) is 6.20 Å². The molecular weight excluding hydrogens is 264 g/mol. The fourth-order valence-electron chi connectivity index (χ4n) is 3.91. The van der Waals surface area contributed by atoms with Crippen molar-refractivity contribution in [2.45, 2.75) is 38.8 Å². The van der Waals surface area contributed by atoms with Crippen molar-refractivity contribution in [1.29, 1.82) is 0 Å². The second-order valence-electron chi connectivity index (χ2n) is 6.86. The maximum absolute atomic E-state index is 5.84. The monoisotopic (exact) mass is 292 g/mol. The number of rotatable bonds is 5. The molecule has 0 aliphatic carbocycles. The lowest BCUT2D eigenvalue weighted by Crippen LogP contribution is -2.44. The number of nitrogens with zero attached hydrogens (tertiary/aromatic N) is 2. The Labute approximate surface area is 127 Å². The number of hydrogen-bond donors (Lipinski definition) is 2. The van der Waals surface area contributed by atoms with Gasteiger partial charge in [-0.05, 0) is 30.7 Å². The molecule has 5 heteroatoms. The topological polar surface area (TPSA) is 53.2 Å². The molecule has 0 saturated carbocycles. The van der Waals surface area contributed by atoms with Gasteiger partial charge in [0.25, 0.3) is 0 Å². The highest BCUT2D eigenvalue weighted by molar-refractivity contribution is 5.07. The van der Waals surface area contributed by atoms with E-state index in [9.17, 15) is 0 Å². The minimum Gasteiger partial charge on any atom is -0.370 e. The highest BCUT2D eigenvalue weighted by Gasteiger charge is 2.30. The van der Waals surface area contributed by atoms with Crippen molar-refractivity contribution in [3.05, 3.63) is 18.0 Å². The number of aromatic amines is 1. The molecular formula is C16H28N4O. The standard InChI is InChI=1S/C16H28N4O/c1-12-9-13(2)11-20(10-12)7-6-17-14-4-8-21-16(14)15-3-5-18-19-15/h3,5,12-14,16-17H,4,6-11H2,1-2H3,(H,18,19)/t12?,13?,14-,16-/m1/s1. The number of hydrogen-bond acceptors (Lipinski definition) is 4. The summed E-state index contributed by atoms with van der Waals surface area (Å²) in [4.78, 5) is 2.60. The average Bonchev–Trinajstić information content (AvgIpc) is 3.07. The molecule has 0 bridgehead atoms. The van der Waals surface area contributed by atoms with E-state index in [4.69, 9.17) is 4.74 Å². The summed E-state index contributed by atoms with van der Waals surface area (Å²) in [5.41, 5.74) is 1.09. The van der Waals surface area contributed by atoms with Gasteiger partial charge in [-0.3, -0.25) is 5.10 Å². The Balaban J connectivity index is 1.44. The molecule has 3 heterocycles. The summed E-state index contributed by atoms with van der Waals surface area (Å²) < 4.78 is 5.84. The zero-order chi connectivity index (χ0) is 14.7. The van der Waals surface area contributed by atoms with Crippen LogP contribution in [0, 0.1) is 11.8 Å². The van der Waals surface area contributed by atoms with Crippen LogP contribution in [0.2, 0.25) is 0 Å². The molecule has 1 aromatic rings. The predicted octanol–water partition coefficient (Wildman–Crippen LogP) is 1.81. The quantitative estimate of drug-likeness (QED) is 0.869. The van der Waals surface area contributed by atoms with Crippen LogP contribution in [0.3, 0.4) is 0 Å². The Bertz CT molecular complexity index is 412. The lowest BCUT2D eigenvalue weighted by molar-refractivity contribution is 0.0929. The summed E-state index contributed by atoms with van der Waals surface area (Å²) in [5.74, 6) is 1.67. The van der Waals surface area contributed by atoms with Crippen LogP contribution in [0.25, 0.3) is 0 Å². The average molecular weight is 292 g/mol. The van der Waals surface area contributed by atoms with Gasteiger partial charge < -0.3 is 15.0 Å². The van der Waals surface area contributed by atoms with E-state index < -0.39 is 0 Å². The molecule has 21 heavy (non-hydrogen) atoms. The smallest absolute Gasteiger partial charge is 0.114 e. The van der Waals surface area contributed by atoms with Crippen LogP contribution in [0.15, 0.2) is 12.3 Å². The second kappa shape index (κ2) is 6.90. The van der Waals surface area contributed by atoms with E-state index in [0.717, 1.165) is 43.6 Å². The van der Waals surface area contributed by atoms with Gasteiger partial charge in [-0.2, -0.15) is 5.10 Å². The first kappa shape index (κ1) is 15.0. The van der Waals surface area contributed by atoms with Crippen molar-refractivity contribution in [2.75, 3.05) is 32.8 Å². The Morgan fingerprint density at radius 2 is 2.19 bits per heavy atom. The molecule has 3 rings (SSSR count). The lowest BCUT2D eigenvalue weighted by Gasteiger charge is -2.35. The number of H-pyrrole nitrogens is 1. The number of nitrogens with one attached hydrogen (secondary N) is 2. The van der Waals surface area contributed by atoms with Crippen LogP contribution in [-0.2, 0) is 4.74 Å². The van der Waals surface area contributed by atoms with Crippen LogP contribution < -0.4 is 5.32 Å². The minimum absolute atomic E-state index is 0.131. The third-order valence-electron chi connectivity index (χ3n) is 4.70. The zero-order valence-electron chi connectivity index (χ0n) is 13.2. The summed E-state index contributed by atoms with van der Waals surface area (Å²) in [5, 5.41) is 10.7. The normalized spacial score (nSPS) is 34.4. The number of piperidine rings is 1. The van der Waals surface area contributed by atoms with Crippen molar-refractivity contribution >= 4 is 0 Å². The van der Waals surface area contributed by atoms with Crippen molar-refractivity contribution in [3.8, 4) is 0 Å². The fraction of sp³-hybridized carbons (Fsp3) is 0.812. The number of aromatic nitrogens is 2. The van der Waals surface area contributed by atoms with Gasteiger partial charge in [0.1, 0.15) is 6.10 Å². The van der Waals surface area contributed by atoms with Crippen molar-refractivity contribution in [1.82, 2.24) is 20.4 Å². The highest BCUT2D eigenvalue weighted by atomic mass is 16.5. The van der Waals surface area contributed by atoms with Crippen LogP contribution >= 0.6 is 0 Å². The third kappa shape index (κ3) is 3.84. The maximum atomic E-state index is 5.84. The zero-order valence-corrected chi connectivity index (χ0v) is 13.2. The summed E-state index contributed by atoms with van der Waals surface area (Å²) in [6.45, 7) is 10.2. The molecule has 4 atom stereocenters. The summed E-state index contributed by atoms with van der Waals surface area (Å²) >= 11 is 0. The fourth-order valence-corrected chi connectivity index (χ4v) is 3.91. The van der Waals surface area contributed by atoms with Gasteiger partial charge in [0, 0.05) is 45.0 Å². The van der Waals surface area contributed by atoms with Crippen molar-refractivity contribution in [3.63, 3.8) is 0 Å². The molecule has 2 saturated heterocycles. The molecule has 0 amide bonds. The van der Waals surface area contributed by atoms with Gasteiger partial charge in [0.05, 0.1) is 5.69 Å². The first-order valence-electron chi connectivity index (χ1n) is 8.29. The highest BCUT2D eigenvalue weighted by Crippen LogP contribution is 2.27. The third-order valence-corrected chi connectivity index (χ3v) is 4.70. The summed E-state index contributed by atoms with van der Waals surface area (Å²) in [6.07, 6.45) is 4.38. The molecule has 2 unspecified atom stereocenters. The van der Waals surface area contributed by atoms with Crippen LogP contribution in [-0.4, -0.2) is 53.9 Å². The molecule has 1 aromatic heterocycles. The van der Waals surface area contributed by atoms with E-state index in [-0.39, 0.29) is 6.10 Å². The van der Waals surface area contributed by atoms with Gasteiger partial charge in [0.2, 0.25) is 0 Å². The van der Waals surface area contributed by atoms with E-state index >= 15 is 0 Å². The SMILES string of the molecule is CC1CC(C)CN(CCN[C@@H]2CCO[C@H]2c2ccn[nH]2)C1. The van der Waals surface area contributed by atoms with Gasteiger partial charge in [-0.1, -0.05) is 13.8 Å². The van der Waals surface area contributed by atoms with E-state index in [0.29, 0.717) is 6.04 Å². The number of ether oxygens (including phenoxy) is 1. The lowest BCUT2D eigenvalue weighted by atomic mass is 9.92. The summed E-state index contributed by atoms with van der Waals surface area (Å²) in [6, 6.07) is 2.42. The molecule has 0 radical (unpaired) electrons. The Morgan fingerprint density at radius 1 is 1.38 bits per heavy atom. The van der Waals surface area contributed by atoms with Crippen LogP contribution in [0.4, 0.5) is 0 Å². The molecule has 2 fully saturated rings. The van der Waals surface area contributed by atoms with Gasteiger partial charge in [-0.15, -0.1) is 0 Å². The Hall–Kier alpha value is -0.910. The minimum atomic E-state index is 0.131. The van der Waals surface area contributed by atoms with Crippen molar-refractivity contribution in [2.24, 2.45) is 11.8 Å². The van der Waals surface area contributed by atoms with Gasteiger partial charge in [-0.25, -0.2) is 0 Å². The molecule has 2 aliphatic heterocycles. The van der Waals surface area contributed by atoms with Crippen LogP contribution in [0.5, 0.6) is 0 Å². The molecule has 0 aromatic carbocycles. The number of likely N-dealkylation sites (tertiary alicyclic amines) is 1. The predicted molar refractivity (Wildman–Crippen MR) is 83.1 cm³/mol. The maximum Gasteiger partial charge on any atom is 0.114 e. The first-order valence-corrected chi connectivity index (χ1v) is 8.29. The second-order valence-corrected chi connectivity index (χ2v) is 6.86. The van der Waals surface area contributed by atoms with Gasteiger partial charge >= 0.3 is 0 Å². The molecule has 2 N–H and O–H groups in total. The van der Waals surface area contributed by atoms with E-state index in [1.807, 2.05) is 6.07 Å². The first-order chi connectivity index (χ1) is 10.2. The Kier molecular flexibility index (Phi) is 4.93. The molecule has 118 valence electrons. The van der Waals surface area contributed by atoms with E-state index in [1.165, 1.54) is 19.5 Å². The molecule has 2 aliphatic rings. The Morgan fingerprint density at radius 3 is 2.90 bits per heavy atom. The van der Waals surface area contributed by atoms with E-state index in [2.05, 4.69) is 34.3 Å². The molecule has 5 nitrogen and oxygen atoms in total. The molecule has 0 spiro atoms. The van der Waals surface area contributed by atoms with Crippen LogP contribution in [0.1, 0.15) is 38.5 Å².